The summed E-state index contributed by atoms with van der Waals surface area (Å²) < 4.78 is 37.8. The number of carbonyl (C=O) groups is 2. The second-order valence-electron chi connectivity index (χ2n) is 4.69. The summed E-state index contributed by atoms with van der Waals surface area (Å²) in [6, 6.07) is 2.26. The molecule has 7 heteroatoms. The number of amides is 2. The number of hydrogen-bond donors (Lipinski definition) is 2. The Labute approximate surface area is 113 Å². The molecule has 2 amide bonds. The first-order valence-electron chi connectivity index (χ1n) is 6.07. The van der Waals surface area contributed by atoms with Crippen molar-refractivity contribution in [1.29, 1.82) is 0 Å². The Morgan fingerprint density at radius 1 is 1.25 bits per heavy atom. The molecule has 0 saturated heterocycles. The third-order valence-electron chi connectivity index (χ3n) is 2.89. The number of rotatable bonds is 3. The Kier molecular flexibility index (Phi) is 3.69. The predicted molar refractivity (Wildman–Crippen MR) is 66.6 cm³/mol. The average Bonchev–Trinajstić information content (AvgIpc) is 3.11. The van der Waals surface area contributed by atoms with E-state index < -0.39 is 23.6 Å². The summed E-state index contributed by atoms with van der Waals surface area (Å²) in [6.07, 6.45) is -2.75. The highest BCUT2D eigenvalue weighted by atomic mass is 19.4. The van der Waals surface area contributed by atoms with Gasteiger partial charge in [0, 0.05) is 11.6 Å². The van der Waals surface area contributed by atoms with Gasteiger partial charge in [0.15, 0.2) is 5.78 Å². The molecule has 0 aromatic heterocycles. The van der Waals surface area contributed by atoms with Gasteiger partial charge >= 0.3 is 12.2 Å². The monoisotopic (exact) mass is 286 g/mol. The van der Waals surface area contributed by atoms with Gasteiger partial charge in [0.1, 0.15) is 0 Å². The van der Waals surface area contributed by atoms with Crippen molar-refractivity contribution in [2.45, 2.75) is 32.0 Å². The van der Waals surface area contributed by atoms with Crippen molar-refractivity contribution in [3.63, 3.8) is 0 Å². The van der Waals surface area contributed by atoms with E-state index >= 15 is 0 Å². The average molecular weight is 286 g/mol. The zero-order valence-corrected chi connectivity index (χ0v) is 10.7. The number of hydrogen-bond acceptors (Lipinski definition) is 2. The fraction of sp³-hybridized carbons (Fsp3) is 0.385. The summed E-state index contributed by atoms with van der Waals surface area (Å²) in [5.74, 6) is -0.544. The minimum absolute atomic E-state index is 0.0728. The summed E-state index contributed by atoms with van der Waals surface area (Å²) in [4.78, 5) is 23.0. The number of ketones is 1. The Morgan fingerprint density at radius 3 is 2.40 bits per heavy atom. The van der Waals surface area contributed by atoms with Crippen molar-refractivity contribution in [3.05, 3.63) is 29.3 Å². The van der Waals surface area contributed by atoms with E-state index in [1.165, 1.54) is 0 Å². The molecule has 0 aliphatic heterocycles. The molecule has 108 valence electrons. The smallest absolute Gasteiger partial charge is 0.335 e. The topological polar surface area (TPSA) is 58.2 Å². The molecule has 1 aromatic carbocycles. The lowest BCUT2D eigenvalue weighted by Crippen LogP contribution is -2.31. The lowest BCUT2D eigenvalue weighted by Gasteiger charge is -2.13. The van der Waals surface area contributed by atoms with E-state index in [0.717, 1.165) is 38.0 Å². The summed E-state index contributed by atoms with van der Waals surface area (Å²) in [6.45, 7) is 1.15. The highest BCUT2D eigenvalue weighted by Gasteiger charge is 2.31. The van der Waals surface area contributed by atoms with Crippen LogP contribution in [0.25, 0.3) is 0 Å². The van der Waals surface area contributed by atoms with Gasteiger partial charge in [0.2, 0.25) is 0 Å². The standard InChI is InChI=1S/C13H13F3N2O2/c1-7(19)10-6-8(13(14,15)16)2-5-11(10)18-12(20)17-9-3-4-9/h2,5-6,9H,3-4H2,1H3,(H2,17,18,20). The van der Waals surface area contributed by atoms with Gasteiger partial charge in [-0.25, -0.2) is 4.79 Å². The van der Waals surface area contributed by atoms with E-state index in [2.05, 4.69) is 10.6 Å². The normalized spacial score (nSPS) is 14.8. The first kappa shape index (κ1) is 14.4. The van der Waals surface area contributed by atoms with Gasteiger partial charge in [-0.05, 0) is 38.0 Å². The molecule has 0 unspecified atom stereocenters. The lowest BCUT2D eigenvalue weighted by molar-refractivity contribution is -0.137. The first-order chi connectivity index (χ1) is 9.27. The van der Waals surface area contributed by atoms with Crippen LogP contribution in [0.15, 0.2) is 18.2 Å². The van der Waals surface area contributed by atoms with Crippen LogP contribution in [0, 0.1) is 0 Å². The molecule has 2 rings (SSSR count). The molecule has 1 saturated carbocycles. The van der Waals surface area contributed by atoms with Gasteiger partial charge in [0.05, 0.1) is 11.3 Å². The Balaban J connectivity index is 2.23. The Bertz CT molecular complexity index is 551. The van der Waals surface area contributed by atoms with Crippen LogP contribution < -0.4 is 10.6 Å². The van der Waals surface area contributed by atoms with Gasteiger partial charge in [0.25, 0.3) is 0 Å². The SMILES string of the molecule is CC(=O)c1cc(C(F)(F)F)ccc1NC(=O)NC1CC1. The first-order valence-corrected chi connectivity index (χ1v) is 6.07. The summed E-state index contributed by atoms with van der Waals surface area (Å²) >= 11 is 0. The molecule has 20 heavy (non-hydrogen) atoms. The van der Waals surface area contributed by atoms with Gasteiger partial charge in [-0.15, -0.1) is 0 Å². The van der Waals surface area contributed by atoms with E-state index in [1.54, 1.807) is 0 Å². The number of carbonyl (C=O) groups excluding carboxylic acids is 2. The number of halogens is 3. The molecule has 0 radical (unpaired) electrons. The Morgan fingerprint density at radius 2 is 1.90 bits per heavy atom. The van der Waals surface area contributed by atoms with Crippen LogP contribution in [0.2, 0.25) is 0 Å². The fourth-order valence-corrected chi connectivity index (χ4v) is 1.69. The second kappa shape index (κ2) is 5.15. The third-order valence-corrected chi connectivity index (χ3v) is 2.89. The molecular weight excluding hydrogens is 273 g/mol. The molecule has 1 aliphatic rings. The van der Waals surface area contributed by atoms with Crippen molar-refractivity contribution in [3.8, 4) is 0 Å². The van der Waals surface area contributed by atoms with Gasteiger partial charge in [-0.3, -0.25) is 4.79 Å². The van der Waals surface area contributed by atoms with E-state index in [-0.39, 0.29) is 17.3 Å². The summed E-state index contributed by atoms with van der Waals surface area (Å²) in [7, 11) is 0. The Hall–Kier alpha value is -2.05. The van der Waals surface area contributed by atoms with Crippen LogP contribution in [0.4, 0.5) is 23.7 Å². The van der Waals surface area contributed by atoms with Crippen molar-refractivity contribution >= 4 is 17.5 Å². The van der Waals surface area contributed by atoms with Crippen molar-refractivity contribution in [1.82, 2.24) is 5.32 Å². The van der Waals surface area contributed by atoms with Crippen LogP contribution in [0.3, 0.4) is 0 Å². The van der Waals surface area contributed by atoms with Crippen LogP contribution in [0.5, 0.6) is 0 Å². The van der Waals surface area contributed by atoms with Crippen LogP contribution in [0.1, 0.15) is 35.7 Å². The minimum Gasteiger partial charge on any atom is -0.335 e. The molecule has 4 nitrogen and oxygen atoms in total. The van der Waals surface area contributed by atoms with E-state index in [0.29, 0.717) is 0 Å². The van der Waals surface area contributed by atoms with E-state index in [4.69, 9.17) is 0 Å². The third kappa shape index (κ3) is 3.49. The maximum atomic E-state index is 12.6. The zero-order valence-electron chi connectivity index (χ0n) is 10.7. The lowest BCUT2D eigenvalue weighted by atomic mass is 10.1. The number of alkyl halides is 3. The molecule has 1 aliphatic carbocycles. The van der Waals surface area contributed by atoms with Gasteiger partial charge in [-0.1, -0.05) is 0 Å². The molecule has 1 aromatic rings. The largest absolute Gasteiger partial charge is 0.416 e. The molecular formula is C13H13F3N2O2. The van der Waals surface area contributed by atoms with Gasteiger partial charge in [-0.2, -0.15) is 13.2 Å². The van der Waals surface area contributed by atoms with Gasteiger partial charge < -0.3 is 10.6 Å². The van der Waals surface area contributed by atoms with Crippen molar-refractivity contribution < 1.29 is 22.8 Å². The maximum Gasteiger partial charge on any atom is 0.416 e. The zero-order chi connectivity index (χ0) is 14.9. The quantitative estimate of drug-likeness (QED) is 0.838. The summed E-state index contributed by atoms with van der Waals surface area (Å²) in [5.41, 5.74) is -1.01. The number of Topliss-reactive ketones (excluding diaryl/α,β-unsaturated/α-hetero) is 1. The number of nitrogens with one attached hydrogen (secondary N) is 2. The minimum atomic E-state index is -4.53. The molecule has 0 spiro atoms. The number of benzene rings is 1. The second-order valence-corrected chi connectivity index (χ2v) is 4.69. The van der Waals surface area contributed by atoms with Crippen LogP contribution in [-0.2, 0) is 6.18 Å². The molecule has 1 fully saturated rings. The highest BCUT2D eigenvalue weighted by molar-refractivity contribution is 6.03. The number of anilines is 1. The van der Waals surface area contributed by atoms with Crippen LogP contribution in [-0.4, -0.2) is 17.9 Å². The summed E-state index contributed by atoms with van der Waals surface area (Å²) in [5, 5.41) is 5.03. The van der Waals surface area contributed by atoms with Crippen molar-refractivity contribution in [2.75, 3.05) is 5.32 Å². The maximum absolute atomic E-state index is 12.6. The van der Waals surface area contributed by atoms with E-state index in [1.807, 2.05) is 0 Å². The number of urea groups is 1. The molecule has 0 bridgehead atoms. The van der Waals surface area contributed by atoms with E-state index in [9.17, 15) is 22.8 Å². The molecule has 2 N–H and O–H groups in total. The highest BCUT2D eigenvalue weighted by Crippen LogP contribution is 2.32. The van der Waals surface area contributed by atoms with Crippen LogP contribution >= 0.6 is 0 Å². The molecule has 0 heterocycles. The fourth-order valence-electron chi connectivity index (χ4n) is 1.69. The van der Waals surface area contributed by atoms with Crippen molar-refractivity contribution in [2.24, 2.45) is 0 Å². The predicted octanol–water partition coefficient (Wildman–Crippen LogP) is 3.19. The molecule has 0 atom stereocenters.